The zero-order valence-electron chi connectivity index (χ0n) is 14.7. The molecule has 0 unspecified atom stereocenters. The minimum atomic E-state index is -1.07. The van der Waals surface area contributed by atoms with Gasteiger partial charge < -0.3 is 19.8 Å². The van der Waals surface area contributed by atoms with Crippen molar-refractivity contribution in [3.05, 3.63) is 34.6 Å². The molecule has 138 valence electrons. The first-order valence-corrected chi connectivity index (χ1v) is 8.06. The van der Waals surface area contributed by atoms with Crippen molar-refractivity contribution in [3.8, 4) is 0 Å². The van der Waals surface area contributed by atoms with Crippen LogP contribution in [0.4, 0.5) is 4.79 Å². The Balaban J connectivity index is 0.00000151. The van der Waals surface area contributed by atoms with Crippen molar-refractivity contribution in [3.63, 3.8) is 0 Å². The van der Waals surface area contributed by atoms with Crippen molar-refractivity contribution in [2.75, 3.05) is 20.2 Å². The summed E-state index contributed by atoms with van der Waals surface area (Å²) in [6.07, 6.45) is 3.37. The Hall–Kier alpha value is -2.12. The third kappa shape index (κ3) is 6.03. The highest BCUT2D eigenvalue weighted by atomic mass is 35.5. The molecule has 0 saturated heterocycles. The van der Waals surface area contributed by atoms with Crippen LogP contribution in [-0.4, -0.2) is 58.0 Å². The molecule has 0 fully saturated rings. The Bertz CT molecular complexity index is 667. The molecule has 1 amide bonds. The van der Waals surface area contributed by atoms with Crippen LogP contribution in [0.3, 0.4) is 0 Å². The molecule has 0 saturated carbocycles. The second kappa shape index (κ2) is 8.82. The number of aliphatic hydroxyl groups excluding tert-OH is 1. The van der Waals surface area contributed by atoms with Crippen LogP contribution in [-0.2, 0) is 4.74 Å². The van der Waals surface area contributed by atoms with Crippen LogP contribution in [0.2, 0.25) is 5.02 Å². The number of nitrogens with zero attached hydrogens (tertiary/aromatic N) is 2. The van der Waals surface area contributed by atoms with Crippen molar-refractivity contribution >= 4 is 29.2 Å². The predicted molar refractivity (Wildman–Crippen MR) is 94.8 cm³/mol. The molecule has 2 heterocycles. The number of halogens is 1. The Morgan fingerprint density at radius 3 is 2.40 bits per heavy atom. The number of aliphatic hydroxyl groups is 1. The highest BCUT2D eigenvalue weighted by molar-refractivity contribution is 6.32. The quantitative estimate of drug-likeness (QED) is 0.829. The zero-order chi connectivity index (χ0) is 19.2. The predicted octanol–water partition coefficient (Wildman–Crippen LogP) is 3.07. The number of carboxylic acids is 1. The summed E-state index contributed by atoms with van der Waals surface area (Å²) in [5.74, 6) is -1.07. The van der Waals surface area contributed by atoms with E-state index in [2.05, 4.69) is 4.98 Å². The molecule has 0 bridgehead atoms. The van der Waals surface area contributed by atoms with E-state index < -0.39 is 11.6 Å². The van der Waals surface area contributed by atoms with E-state index in [1.165, 1.54) is 12.3 Å². The fourth-order valence-electron chi connectivity index (χ4n) is 2.17. The molecule has 8 heteroatoms. The van der Waals surface area contributed by atoms with Crippen molar-refractivity contribution in [1.82, 2.24) is 9.88 Å². The summed E-state index contributed by atoms with van der Waals surface area (Å²) in [4.78, 5) is 28.7. The van der Waals surface area contributed by atoms with Gasteiger partial charge in [0.2, 0.25) is 0 Å². The third-order valence-corrected chi connectivity index (χ3v) is 3.54. The zero-order valence-corrected chi connectivity index (χ0v) is 15.5. The molecule has 0 radical (unpaired) electrons. The summed E-state index contributed by atoms with van der Waals surface area (Å²) in [7, 11) is 1.00. The van der Waals surface area contributed by atoms with Gasteiger partial charge in [-0.05, 0) is 38.8 Å². The third-order valence-electron chi connectivity index (χ3n) is 3.25. The molecule has 25 heavy (non-hydrogen) atoms. The highest BCUT2D eigenvalue weighted by Gasteiger charge is 2.24. The molecule has 7 nitrogen and oxygen atoms in total. The van der Waals surface area contributed by atoms with Crippen LogP contribution in [0.1, 0.15) is 43.2 Å². The number of aromatic nitrogens is 1. The van der Waals surface area contributed by atoms with E-state index in [4.69, 9.17) is 26.6 Å². The maximum Gasteiger partial charge on any atom is 0.410 e. The number of ether oxygens (including phenoxy) is 1. The number of carboxylic acid groups (broad SMARTS) is 1. The minimum absolute atomic E-state index is 0.0468. The maximum absolute atomic E-state index is 12.0. The van der Waals surface area contributed by atoms with E-state index in [0.717, 1.165) is 12.7 Å². The molecule has 1 aromatic heterocycles. The first-order valence-electron chi connectivity index (χ1n) is 7.68. The summed E-state index contributed by atoms with van der Waals surface area (Å²) >= 11 is 6.12. The lowest BCUT2D eigenvalue weighted by atomic mass is 10.0. The number of amides is 1. The molecule has 0 spiro atoms. The smallest absolute Gasteiger partial charge is 0.410 e. The van der Waals surface area contributed by atoms with E-state index in [1.54, 1.807) is 4.90 Å². The molecule has 0 aromatic carbocycles. The molecular weight excluding hydrogens is 348 g/mol. The van der Waals surface area contributed by atoms with Gasteiger partial charge in [-0.3, -0.25) is 4.98 Å². The lowest BCUT2D eigenvalue weighted by molar-refractivity contribution is 0.0270. The van der Waals surface area contributed by atoms with Crippen LogP contribution in [0.15, 0.2) is 18.3 Å². The van der Waals surface area contributed by atoms with Crippen molar-refractivity contribution < 1.29 is 24.5 Å². The maximum atomic E-state index is 12.0. The first kappa shape index (κ1) is 20.9. The van der Waals surface area contributed by atoms with Crippen LogP contribution in [0.5, 0.6) is 0 Å². The summed E-state index contributed by atoms with van der Waals surface area (Å²) in [6, 6.07) is 1.38. The number of pyridine rings is 1. The number of hydrogen-bond acceptors (Lipinski definition) is 5. The lowest BCUT2D eigenvalue weighted by Gasteiger charge is -2.29. The van der Waals surface area contributed by atoms with E-state index in [1.807, 2.05) is 26.8 Å². The average Bonchev–Trinajstić information content (AvgIpc) is 2.55. The van der Waals surface area contributed by atoms with Crippen LogP contribution < -0.4 is 0 Å². The SMILES string of the molecule is CC(C)(C)OC(=O)N1CC=C(c2ncc(C(=O)O)cc2Cl)CC1.CO. The molecule has 1 aliphatic heterocycles. The Kier molecular flexibility index (Phi) is 7.38. The van der Waals surface area contributed by atoms with E-state index in [9.17, 15) is 9.59 Å². The Morgan fingerprint density at radius 1 is 1.32 bits per heavy atom. The van der Waals surface area contributed by atoms with Crippen LogP contribution >= 0.6 is 11.6 Å². The molecular formula is C17H23ClN2O5. The summed E-state index contributed by atoms with van der Waals surface area (Å²) in [6.45, 7) is 6.37. The van der Waals surface area contributed by atoms with Crippen molar-refractivity contribution in [1.29, 1.82) is 0 Å². The van der Waals surface area contributed by atoms with E-state index in [0.29, 0.717) is 30.2 Å². The standard InChI is InChI=1S/C16H19ClN2O4.CH4O/c1-16(2,3)23-15(22)19-6-4-10(5-7-19)13-12(17)8-11(9-18-13)14(20)21;1-2/h4,8-9H,5-7H2,1-3H3,(H,20,21);2H,1H3. The number of carbonyl (C=O) groups is 2. The molecule has 1 aliphatic rings. The average molecular weight is 371 g/mol. The molecule has 1 aromatic rings. The Morgan fingerprint density at radius 2 is 1.96 bits per heavy atom. The minimum Gasteiger partial charge on any atom is -0.478 e. The first-order chi connectivity index (χ1) is 11.7. The molecule has 2 rings (SSSR count). The normalized spacial score (nSPS) is 14.2. The summed E-state index contributed by atoms with van der Waals surface area (Å²) < 4.78 is 5.33. The molecule has 0 aliphatic carbocycles. The molecule has 2 N–H and O–H groups in total. The van der Waals surface area contributed by atoms with Crippen LogP contribution in [0, 0.1) is 0 Å². The lowest BCUT2D eigenvalue weighted by Crippen LogP contribution is -2.39. The van der Waals surface area contributed by atoms with Gasteiger partial charge in [-0.15, -0.1) is 0 Å². The van der Waals surface area contributed by atoms with Gasteiger partial charge in [0.1, 0.15) is 5.60 Å². The summed E-state index contributed by atoms with van der Waals surface area (Å²) in [5.41, 5.74) is 0.969. The number of aromatic carboxylic acids is 1. The van der Waals surface area contributed by atoms with Gasteiger partial charge in [-0.25, -0.2) is 9.59 Å². The monoisotopic (exact) mass is 370 g/mol. The van der Waals surface area contributed by atoms with Gasteiger partial charge >= 0.3 is 12.1 Å². The van der Waals surface area contributed by atoms with Gasteiger partial charge in [-0.2, -0.15) is 0 Å². The van der Waals surface area contributed by atoms with Gasteiger partial charge in [-0.1, -0.05) is 17.7 Å². The van der Waals surface area contributed by atoms with Crippen molar-refractivity contribution in [2.45, 2.75) is 32.8 Å². The highest BCUT2D eigenvalue weighted by Crippen LogP contribution is 2.28. The van der Waals surface area contributed by atoms with Gasteiger partial charge in [0.05, 0.1) is 16.3 Å². The number of hydrogen-bond donors (Lipinski definition) is 2. The van der Waals surface area contributed by atoms with E-state index in [-0.39, 0.29) is 11.7 Å². The number of rotatable bonds is 2. The van der Waals surface area contributed by atoms with Crippen molar-refractivity contribution in [2.24, 2.45) is 0 Å². The fraction of sp³-hybridized carbons (Fsp3) is 0.471. The van der Waals surface area contributed by atoms with Gasteiger partial charge in [0.15, 0.2) is 0 Å². The van der Waals surface area contributed by atoms with Crippen LogP contribution in [0.25, 0.3) is 5.57 Å². The molecule has 0 atom stereocenters. The van der Waals surface area contributed by atoms with E-state index >= 15 is 0 Å². The number of carbonyl (C=O) groups excluding carboxylic acids is 1. The fourth-order valence-corrected chi connectivity index (χ4v) is 2.46. The van der Waals surface area contributed by atoms with Gasteiger partial charge in [0.25, 0.3) is 0 Å². The second-order valence-corrected chi connectivity index (χ2v) is 6.67. The van der Waals surface area contributed by atoms with Gasteiger partial charge in [0, 0.05) is 26.4 Å². The largest absolute Gasteiger partial charge is 0.478 e. The topological polar surface area (TPSA) is 100.0 Å². The second-order valence-electron chi connectivity index (χ2n) is 6.27. The summed E-state index contributed by atoms with van der Waals surface area (Å²) in [5, 5.41) is 16.2. The Labute approximate surface area is 151 Å².